The van der Waals surface area contributed by atoms with Crippen LogP contribution in [0.4, 0.5) is 0 Å². The molecule has 1 spiro atoms. The maximum absolute atomic E-state index is 6.03. The average Bonchev–Trinajstić information content (AvgIpc) is 2.52. The lowest BCUT2D eigenvalue weighted by atomic mass is 9.86. The molecule has 2 heterocycles. The highest BCUT2D eigenvalue weighted by molar-refractivity contribution is 5.81. The minimum Gasteiger partial charge on any atom is -0.370 e. The maximum atomic E-state index is 6.03. The number of hydrogen-bond acceptors (Lipinski definition) is 4. The summed E-state index contributed by atoms with van der Waals surface area (Å²) in [5.74, 6) is 1.40. The molecule has 2 aliphatic heterocycles. The third-order valence-electron chi connectivity index (χ3n) is 3.85. The molecule has 0 unspecified atom stereocenters. The van der Waals surface area contributed by atoms with Gasteiger partial charge in [0, 0.05) is 19.6 Å². The van der Waals surface area contributed by atoms with Crippen molar-refractivity contribution in [2.24, 2.45) is 16.6 Å². The molecule has 0 aromatic carbocycles. The van der Waals surface area contributed by atoms with E-state index >= 15 is 0 Å². The highest BCUT2D eigenvalue weighted by atomic mass is 15.4. The molecule has 0 amide bonds. The smallest absolute Gasteiger partial charge is 0.191 e. The Labute approximate surface area is 98.5 Å². The van der Waals surface area contributed by atoms with Crippen LogP contribution in [0, 0.1) is 5.92 Å². The highest BCUT2D eigenvalue weighted by Crippen LogP contribution is 2.33. The molecule has 0 aliphatic carbocycles. The molecule has 4 heteroatoms. The fourth-order valence-corrected chi connectivity index (χ4v) is 2.76. The molecule has 16 heavy (non-hydrogen) atoms. The van der Waals surface area contributed by atoms with Crippen molar-refractivity contribution in [1.29, 1.82) is 0 Å². The molecule has 0 bridgehead atoms. The zero-order chi connectivity index (χ0) is 11.8. The second-order valence-electron chi connectivity index (χ2n) is 5.71. The monoisotopic (exact) mass is 224 g/mol. The summed E-state index contributed by atoms with van der Waals surface area (Å²) in [6.45, 7) is 8.76. The van der Waals surface area contributed by atoms with Crippen molar-refractivity contribution >= 4 is 5.96 Å². The summed E-state index contributed by atoms with van der Waals surface area (Å²) in [4.78, 5) is 9.24. The number of nitrogens with two attached hydrogens (primary N) is 1. The average molecular weight is 224 g/mol. The fraction of sp³-hybridized carbons (Fsp3) is 0.917. The van der Waals surface area contributed by atoms with Crippen LogP contribution in [0.1, 0.15) is 26.7 Å². The van der Waals surface area contributed by atoms with Gasteiger partial charge in [-0.15, -0.1) is 0 Å². The van der Waals surface area contributed by atoms with E-state index in [1.807, 2.05) is 0 Å². The van der Waals surface area contributed by atoms with Gasteiger partial charge in [-0.1, -0.05) is 13.8 Å². The van der Waals surface area contributed by atoms with E-state index in [0.717, 1.165) is 32.1 Å². The molecular formula is C12H24N4. The number of likely N-dealkylation sites (tertiary alicyclic amines) is 1. The molecule has 0 atom stereocenters. The summed E-state index contributed by atoms with van der Waals surface area (Å²) < 4.78 is 0. The summed E-state index contributed by atoms with van der Waals surface area (Å²) in [6, 6.07) is 0. The number of aliphatic imine (C=N–C) groups is 1. The Bertz CT molecular complexity index is 277. The summed E-state index contributed by atoms with van der Waals surface area (Å²) in [6.07, 6.45) is 2.39. The Hall–Kier alpha value is -0.770. The van der Waals surface area contributed by atoms with E-state index < -0.39 is 0 Å². The lowest BCUT2D eigenvalue weighted by Crippen LogP contribution is -2.57. The summed E-state index contributed by atoms with van der Waals surface area (Å²) in [5, 5.41) is 0. The largest absolute Gasteiger partial charge is 0.370 e. The maximum Gasteiger partial charge on any atom is 0.191 e. The molecule has 92 valence electrons. The second-order valence-corrected chi connectivity index (χ2v) is 5.71. The van der Waals surface area contributed by atoms with Crippen LogP contribution in [0.15, 0.2) is 4.99 Å². The van der Waals surface area contributed by atoms with Crippen LogP contribution in [-0.2, 0) is 0 Å². The fourth-order valence-electron chi connectivity index (χ4n) is 2.76. The van der Waals surface area contributed by atoms with Crippen LogP contribution < -0.4 is 5.73 Å². The summed E-state index contributed by atoms with van der Waals surface area (Å²) in [7, 11) is 2.19. The Morgan fingerprint density at radius 1 is 1.38 bits per heavy atom. The number of nitrogens with zero attached hydrogens (tertiary/aromatic N) is 3. The standard InChI is InChI=1S/C12H24N4/c1-10(2)8-16-11(13)14-9-12(16)4-6-15(3)7-5-12/h10H,4-9H2,1-3H3,(H2,13,14). The first-order valence-electron chi connectivity index (χ1n) is 6.30. The number of guanidine groups is 1. The molecule has 2 aliphatic rings. The second kappa shape index (κ2) is 4.24. The van der Waals surface area contributed by atoms with Gasteiger partial charge in [-0.3, -0.25) is 4.99 Å². The van der Waals surface area contributed by atoms with Gasteiger partial charge in [0.15, 0.2) is 5.96 Å². The van der Waals surface area contributed by atoms with Crippen molar-refractivity contribution in [1.82, 2.24) is 9.80 Å². The Morgan fingerprint density at radius 2 is 2.00 bits per heavy atom. The van der Waals surface area contributed by atoms with E-state index in [9.17, 15) is 0 Å². The molecule has 0 aromatic rings. The van der Waals surface area contributed by atoms with Crippen molar-refractivity contribution in [3.8, 4) is 0 Å². The third-order valence-corrected chi connectivity index (χ3v) is 3.85. The first-order valence-corrected chi connectivity index (χ1v) is 6.30. The van der Waals surface area contributed by atoms with Crippen LogP contribution in [-0.4, -0.2) is 54.5 Å². The molecule has 1 saturated heterocycles. The van der Waals surface area contributed by atoms with Gasteiger partial charge in [0.05, 0.1) is 12.1 Å². The quantitative estimate of drug-likeness (QED) is 0.752. The van der Waals surface area contributed by atoms with Gasteiger partial charge < -0.3 is 15.5 Å². The number of piperidine rings is 1. The first kappa shape index (κ1) is 11.7. The lowest BCUT2D eigenvalue weighted by molar-refractivity contribution is 0.0916. The summed E-state index contributed by atoms with van der Waals surface area (Å²) >= 11 is 0. The predicted molar refractivity (Wildman–Crippen MR) is 67.5 cm³/mol. The minimum atomic E-state index is 0.237. The van der Waals surface area contributed by atoms with Crippen molar-refractivity contribution in [3.63, 3.8) is 0 Å². The predicted octanol–water partition coefficient (Wildman–Crippen LogP) is 0.737. The van der Waals surface area contributed by atoms with E-state index in [-0.39, 0.29) is 5.54 Å². The molecular weight excluding hydrogens is 200 g/mol. The van der Waals surface area contributed by atoms with Gasteiger partial charge in [0.1, 0.15) is 0 Å². The summed E-state index contributed by atoms with van der Waals surface area (Å²) in [5.41, 5.74) is 6.27. The van der Waals surface area contributed by atoms with Crippen LogP contribution >= 0.6 is 0 Å². The van der Waals surface area contributed by atoms with Gasteiger partial charge in [0.2, 0.25) is 0 Å². The SMILES string of the molecule is CC(C)CN1C(N)=NCC12CCN(C)CC2. The van der Waals surface area contributed by atoms with Gasteiger partial charge in [0.25, 0.3) is 0 Å². The van der Waals surface area contributed by atoms with E-state index in [1.165, 1.54) is 12.8 Å². The molecule has 4 nitrogen and oxygen atoms in total. The van der Waals surface area contributed by atoms with Crippen LogP contribution in [0.3, 0.4) is 0 Å². The Balaban J connectivity index is 2.09. The van der Waals surface area contributed by atoms with E-state index in [4.69, 9.17) is 5.73 Å². The highest BCUT2D eigenvalue weighted by Gasteiger charge is 2.43. The zero-order valence-electron chi connectivity index (χ0n) is 10.7. The molecule has 1 fully saturated rings. The van der Waals surface area contributed by atoms with Crippen LogP contribution in [0.2, 0.25) is 0 Å². The van der Waals surface area contributed by atoms with Crippen molar-refractivity contribution in [3.05, 3.63) is 0 Å². The van der Waals surface area contributed by atoms with Gasteiger partial charge in [-0.05, 0) is 25.8 Å². The van der Waals surface area contributed by atoms with E-state index in [1.54, 1.807) is 0 Å². The van der Waals surface area contributed by atoms with Gasteiger partial charge in [-0.25, -0.2) is 0 Å². The molecule has 0 saturated carbocycles. The molecule has 2 N–H and O–H groups in total. The Kier molecular flexibility index (Phi) is 3.10. The third kappa shape index (κ3) is 2.03. The number of hydrogen-bond donors (Lipinski definition) is 1. The van der Waals surface area contributed by atoms with E-state index in [0.29, 0.717) is 5.92 Å². The van der Waals surface area contributed by atoms with Crippen LogP contribution in [0.25, 0.3) is 0 Å². The molecule has 0 radical (unpaired) electrons. The normalized spacial score (nSPS) is 25.5. The number of rotatable bonds is 2. The van der Waals surface area contributed by atoms with Gasteiger partial charge >= 0.3 is 0 Å². The minimum absolute atomic E-state index is 0.237. The molecule has 0 aromatic heterocycles. The zero-order valence-corrected chi connectivity index (χ0v) is 10.7. The van der Waals surface area contributed by atoms with Crippen molar-refractivity contribution < 1.29 is 0 Å². The lowest BCUT2D eigenvalue weighted by Gasteiger charge is -2.45. The molecule has 2 rings (SSSR count). The van der Waals surface area contributed by atoms with Gasteiger partial charge in [-0.2, -0.15) is 0 Å². The topological polar surface area (TPSA) is 44.9 Å². The Morgan fingerprint density at radius 3 is 2.56 bits per heavy atom. The van der Waals surface area contributed by atoms with Crippen molar-refractivity contribution in [2.45, 2.75) is 32.2 Å². The van der Waals surface area contributed by atoms with Crippen LogP contribution in [0.5, 0.6) is 0 Å². The van der Waals surface area contributed by atoms with E-state index in [2.05, 4.69) is 35.7 Å². The first-order chi connectivity index (χ1) is 7.53. The van der Waals surface area contributed by atoms with Crippen molar-refractivity contribution in [2.75, 3.05) is 33.2 Å².